The van der Waals surface area contributed by atoms with Gasteiger partial charge in [0.05, 0.1) is 23.8 Å². The van der Waals surface area contributed by atoms with Crippen LogP contribution in [0.2, 0.25) is 0 Å². The zero-order chi connectivity index (χ0) is 36.5. The molecule has 0 saturated heterocycles. The quantitative estimate of drug-likeness (QED) is 0.0695. The van der Waals surface area contributed by atoms with Gasteiger partial charge in [-0.05, 0) is 58.5 Å². The number of hydrogen-bond donors (Lipinski definition) is 0. The third-order valence-electron chi connectivity index (χ3n) is 8.13. The lowest BCUT2D eigenvalue weighted by Crippen LogP contribution is -2.34. The fourth-order valence-electron chi connectivity index (χ4n) is 5.60. The zero-order valence-corrected chi connectivity index (χ0v) is 27.5. The molecule has 0 aliphatic carbocycles. The molecule has 0 radical (unpaired) electrons. The van der Waals surface area contributed by atoms with Crippen molar-refractivity contribution < 1.29 is 45.3 Å². The summed E-state index contributed by atoms with van der Waals surface area (Å²) in [4.78, 5) is 12.9. The molecule has 264 valence electrons. The van der Waals surface area contributed by atoms with Crippen LogP contribution in [0.15, 0.2) is 145 Å². The van der Waals surface area contributed by atoms with Gasteiger partial charge in [-0.1, -0.05) is 127 Å². The van der Waals surface area contributed by atoms with E-state index >= 15 is 0 Å². The summed E-state index contributed by atoms with van der Waals surface area (Å²) in [6.45, 7) is 0.304. The predicted octanol–water partition coefficient (Wildman–Crippen LogP) is 10.4. The Hall–Kier alpha value is -5.19. The van der Waals surface area contributed by atoms with Crippen LogP contribution in [-0.4, -0.2) is 25.8 Å². The number of alkyl halides is 6. The van der Waals surface area contributed by atoms with Crippen molar-refractivity contribution in [2.45, 2.75) is 31.0 Å². The van der Waals surface area contributed by atoms with Crippen molar-refractivity contribution in [1.29, 1.82) is 0 Å². The highest BCUT2D eigenvalue weighted by atomic mass is 19.4. The lowest BCUT2D eigenvalue weighted by molar-refractivity contribution is -0.150. The first kappa shape index (κ1) is 37.1. The molecule has 1 atom stereocenters. The molecule has 5 aromatic carbocycles. The Kier molecular flexibility index (Phi) is 11.8. The normalized spacial score (nSPS) is 13.1. The van der Waals surface area contributed by atoms with Crippen molar-refractivity contribution in [3.05, 3.63) is 184 Å². The Morgan fingerprint density at radius 1 is 0.588 bits per heavy atom. The zero-order valence-electron chi connectivity index (χ0n) is 27.5. The minimum Gasteiger partial charge on any atom is -0.459 e. The number of carbonyl (C=O) groups excluding carboxylic acids is 1. The van der Waals surface area contributed by atoms with Crippen LogP contribution in [-0.2, 0) is 37.0 Å². The Balaban J connectivity index is 1.37. The molecule has 0 N–H and O–H groups in total. The van der Waals surface area contributed by atoms with Crippen molar-refractivity contribution in [2.75, 3.05) is 19.8 Å². The maximum Gasteiger partial charge on any atom is 0.416 e. The molecule has 0 amide bonds. The molecule has 5 aromatic rings. The Bertz CT molecular complexity index is 1760. The molecular formula is C41H34F6O4. The van der Waals surface area contributed by atoms with Crippen molar-refractivity contribution in [3.8, 4) is 0 Å². The molecule has 1 unspecified atom stereocenters. The topological polar surface area (TPSA) is 44.8 Å². The largest absolute Gasteiger partial charge is 0.459 e. The summed E-state index contributed by atoms with van der Waals surface area (Å²) in [5, 5.41) is 0. The van der Waals surface area contributed by atoms with Crippen molar-refractivity contribution in [3.63, 3.8) is 0 Å². The highest BCUT2D eigenvalue weighted by molar-refractivity contribution is 5.71. The second-order valence-corrected chi connectivity index (χ2v) is 11.7. The summed E-state index contributed by atoms with van der Waals surface area (Å²) in [7, 11) is 0. The Morgan fingerprint density at radius 2 is 1.02 bits per heavy atom. The molecule has 0 spiro atoms. The maximum absolute atomic E-state index is 13.4. The van der Waals surface area contributed by atoms with Gasteiger partial charge >= 0.3 is 18.3 Å². The standard InChI is InChI=1S/C41H34F6O4/c1-29(32-23-36(40(42,43)44)25-37(24-32)41(45,46)47)49-28-38(48)50-26-31(22-30-14-6-2-7-15-30)27-51-39(33-16-8-3-9-17-33,34-18-10-4-11-19-34)35-20-12-5-13-21-35/h2-25,29H,26-28H2,1H3. The summed E-state index contributed by atoms with van der Waals surface area (Å²) in [6, 6.07) is 39.6. The van der Waals surface area contributed by atoms with Gasteiger partial charge in [-0.2, -0.15) is 26.3 Å². The minimum atomic E-state index is -5.02. The molecule has 51 heavy (non-hydrogen) atoms. The molecule has 0 bridgehead atoms. The van der Waals surface area contributed by atoms with Crippen LogP contribution in [0.5, 0.6) is 0 Å². The number of carbonyl (C=O) groups is 1. The van der Waals surface area contributed by atoms with Gasteiger partial charge in [-0.25, -0.2) is 4.79 Å². The molecule has 5 rings (SSSR count). The van der Waals surface area contributed by atoms with Crippen LogP contribution >= 0.6 is 0 Å². The van der Waals surface area contributed by atoms with Gasteiger partial charge in [-0.3, -0.25) is 0 Å². The molecule has 4 nitrogen and oxygen atoms in total. The highest BCUT2D eigenvalue weighted by Gasteiger charge is 2.39. The molecule has 0 fully saturated rings. The van der Waals surface area contributed by atoms with E-state index in [1.165, 1.54) is 6.92 Å². The smallest absolute Gasteiger partial charge is 0.416 e. The van der Waals surface area contributed by atoms with E-state index in [2.05, 4.69) is 0 Å². The van der Waals surface area contributed by atoms with E-state index in [9.17, 15) is 31.1 Å². The van der Waals surface area contributed by atoms with Crippen LogP contribution < -0.4 is 0 Å². The van der Waals surface area contributed by atoms with Crippen LogP contribution in [0, 0.1) is 0 Å². The van der Waals surface area contributed by atoms with Gasteiger partial charge in [0.25, 0.3) is 0 Å². The van der Waals surface area contributed by atoms with Gasteiger partial charge in [-0.15, -0.1) is 0 Å². The van der Waals surface area contributed by atoms with Crippen LogP contribution in [0.4, 0.5) is 26.3 Å². The predicted molar refractivity (Wildman–Crippen MR) is 181 cm³/mol. The first-order valence-electron chi connectivity index (χ1n) is 16.0. The van der Waals surface area contributed by atoms with Crippen LogP contribution in [0.1, 0.15) is 52.0 Å². The van der Waals surface area contributed by atoms with Crippen LogP contribution in [0.25, 0.3) is 6.08 Å². The van der Waals surface area contributed by atoms with Gasteiger partial charge in [0.2, 0.25) is 0 Å². The maximum atomic E-state index is 13.4. The number of esters is 1. The van der Waals surface area contributed by atoms with Crippen LogP contribution in [0.3, 0.4) is 0 Å². The van der Waals surface area contributed by atoms with Crippen molar-refractivity contribution >= 4 is 12.0 Å². The van der Waals surface area contributed by atoms with E-state index in [0.29, 0.717) is 17.7 Å². The van der Waals surface area contributed by atoms with E-state index < -0.39 is 47.8 Å². The van der Waals surface area contributed by atoms with Gasteiger partial charge in [0.1, 0.15) is 18.8 Å². The number of benzene rings is 5. The second-order valence-electron chi connectivity index (χ2n) is 11.7. The van der Waals surface area contributed by atoms with Crippen molar-refractivity contribution in [2.24, 2.45) is 0 Å². The average molecular weight is 705 g/mol. The monoisotopic (exact) mass is 704 g/mol. The summed E-state index contributed by atoms with van der Waals surface area (Å²) in [6.07, 6.45) is -9.50. The van der Waals surface area contributed by atoms with Gasteiger partial charge in [0.15, 0.2) is 0 Å². The Morgan fingerprint density at radius 3 is 1.45 bits per heavy atom. The number of halogens is 6. The van der Waals surface area contributed by atoms with E-state index in [0.717, 1.165) is 22.3 Å². The highest BCUT2D eigenvalue weighted by Crippen LogP contribution is 2.41. The van der Waals surface area contributed by atoms with E-state index in [1.54, 1.807) is 0 Å². The SMILES string of the molecule is CC(OCC(=O)OCC(=Cc1ccccc1)COC(c1ccccc1)(c1ccccc1)c1ccccc1)c1cc(C(F)(F)F)cc(C(F)(F)F)c1. The lowest BCUT2D eigenvalue weighted by Gasteiger charge is -2.36. The summed E-state index contributed by atoms with van der Waals surface area (Å²) < 4.78 is 98.1. The summed E-state index contributed by atoms with van der Waals surface area (Å²) in [5.74, 6) is -0.871. The fraction of sp³-hybridized carbons (Fsp3) is 0.195. The number of ether oxygens (including phenoxy) is 3. The average Bonchev–Trinajstić information content (AvgIpc) is 3.14. The van der Waals surface area contributed by atoms with E-state index in [1.807, 2.05) is 127 Å². The molecule has 0 saturated carbocycles. The first-order chi connectivity index (χ1) is 24.4. The van der Waals surface area contributed by atoms with E-state index in [4.69, 9.17) is 14.2 Å². The summed E-state index contributed by atoms with van der Waals surface area (Å²) >= 11 is 0. The Labute approximate surface area is 291 Å². The van der Waals surface area contributed by atoms with Crippen molar-refractivity contribution in [1.82, 2.24) is 0 Å². The first-order valence-corrected chi connectivity index (χ1v) is 16.0. The molecule has 10 heteroatoms. The summed E-state index contributed by atoms with van der Waals surface area (Å²) in [5.41, 5.74) is -0.423. The molecule has 0 heterocycles. The third kappa shape index (κ3) is 9.53. The third-order valence-corrected chi connectivity index (χ3v) is 8.13. The van der Waals surface area contributed by atoms with Gasteiger partial charge in [0, 0.05) is 0 Å². The van der Waals surface area contributed by atoms with Gasteiger partial charge < -0.3 is 14.2 Å². The molecule has 0 aromatic heterocycles. The number of hydrogen-bond acceptors (Lipinski definition) is 4. The molecule has 0 aliphatic rings. The fourth-order valence-corrected chi connectivity index (χ4v) is 5.60. The second kappa shape index (κ2) is 16.2. The number of rotatable bonds is 13. The molecular weight excluding hydrogens is 670 g/mol. The van der Waals surface area contributed by atoms with E-state index in [-0.39, 0.29) is 24.8 Å². The lowest BCUT2D eigenvalue weighted by atomic mass is 9.80. The minimum absolute atomic E-state index is 0.00255. The molecule has 0 aliphatic heterocycles.